The van der Waals surface area contributed by atoms with Gasteiger partial charge in [0, 0.05) is 58.9 Å². The average Bonchev–Trinajstić information content (AvgIpc) is 3.33. The second-order valence-corrected chi connectivity index (χ2v) is 26.3. The second-order valence-electron chi connectivity index (χ2n) is 26.3. The minimum absolute atomic E-state index is 0. The smallest absolute Gasteiger partial charge is 0.872 e. The Morgan fingerprint density at radius 3 is 0.746 bits per heavy atom. The van der Waals surface area contributed by atoms with Gasteiger partial charge in [0.25, 0.3) is 0 Å². The molecule has 0 unspecified atom stereocenters. The van der Waals surface area contributed by atoms with Gasteiger partial charge in [0.15, 0.2) is 0 Å². The van der Waals surface area contributed by atoms with E-state index in [0.717, 1.165) is 126 Å². The summed E-state index contributed by atoms with van der Waals surface area (Å²) in [5.74, 6) is 8.14. The molecule has 3 aromatic carbocycles. The van der Waals surface area contributed by atoms with Gasteiger partial charge in [0.05, 0.1) is 0 Å². The summed E-state index contributed by atoms with van der Waals surface area (Å²) in [6.07, 6.45) is 23.3. The molecule has 0 amide bonds. The molecule has 1 aliphatic heterocycles. The predicted molar refractivity (Wildman–Crippen MR) is 257 cm³/mol. The van der Waals surface area contributed by atoms with Crippen molar-refractivity contribution in [2.24, 2.45) is 53.3 Å². The van der Waals surface area contributed by atoms with E-state index >= 15 is 0 Å². The fourth-order valence-electron chi connectivity index (χ4n) is 19.8. The first kappa shape index (κ1) is 46.1. The number of hydrogen-bond donors (Lipinski definition) is 0. The molecule has 0 atom stereocenters. The zero-order valence-corrected chi connectivity index (χ0v) is 45.5. The number of nitrogens with zero attached hydrogens (tertiary/aromatic N) is 3. The molecule has 7 heteroatoms. The van der Waals surface area contributed by atoms with Crippen molar-refractivity contribution in [2.75, 3.05) is 39.3 Å². The maximum atomic E-state index is 14.9. The summed E-state index contributed by atoms with van der Waals surface area (Å²) in [7, 11) is 0. The van der Waals surface area contributed by atoms with E-state index in [2.05, 4.69) is 71.9 Å². The van der Waals surface area contributed by atoms with Crippen molar-refractivity contribution in [1.82, 2.24) is 14.7 Å². The summed E-state index contributed by atoms with van der Waals surface area (Å²) in [5, 5.41) is 44.7. The van der Waals surface area contributed by atoms with Gasteiger partial charge in [-0.05, 0) is 239 Å². The van der Waals surface area contributed by atoms with E-state index in [9.17, 15) is 15.3 Å². The second kappa shape index (κ2) is 17.3. The summed E-state index contributed by atoms with van der Waals surface area (Å²) in [6.45, 7) is 13.7. The largest absolute Gasteiger partial charge is 3.00 e. The average molecular weight is 1130 g/mol. The SMILES string of the molecule is Cc1cc(CN2CCN(Cc3cc(C)cc(C45CC6CC(CC(C6)C4)C5)c3[O-])CCN(Cc3cc(C)cc(C45CC6CC(CC(C6)C4)C5)c3[O-])CC2)c([O-])c(C23CC4CC(CC(C4)C2)C3)c1.[U+3]. The Hall–Kier alpha value is -2.01. The summed E-state index contributed by atoms with van der Waals surface area (Å²) in [6, 6.07) is 13.5. The third-order valence-corrected chi connectivity index (χ3v) is 21.1. The zero-order chi connectivity index (χ0) is 44.7. The Kier molecular flexibility index (Phi) is 11.9. The van der Waals surface area contributed by atoms with Crippen LogP contribution in [0.5, 0.6) is 17.2 Å². The quantitative estimate of drug-likeness (QED) is 0.213. The molecular formula is C60H78N3O3U. The molecule has 1 saturated heterocycles. The topological polar surface area (TPSA) is 78.9 Å². The van der Waals surface area contributed by atoms with E-state index in [1.54, 1.807) is 0 Å². The van der Waals surface area contributed by atoms with Gasteiger partial charge in [-0.25, -0.2) is 0 Å². The molecule has 0 spiro atoms. The van der Waals surface area contributed by atoms with Crippen LogP contribution in [0, 0.1) is 105 Å². The van der Waals surface area contributed by atoms with Crippen LogP contribution in [0.4, 0.5) is 0 Å². The van der Waals surface area contributed by atoms with E-state index in [-0.39, 0.29) is 47.4 Å². The summed E-state index contributed by atoms with van der Waals surface area (Å²) in [5.41, 5.74) is 10.3. The minimum atomic E-state index is 0. The number of aryl methyl sites for hydroxylation is 3. The van der Waals surface area contributed by atoms with E-state index in [0.29, 0.717) is 36.9 Å². The van der Waals surface area contributed by atoms with Crippen molar-refractivity contribution >= 4 is 0 Å². The van der Waals surface area contributed by atoms with Gasteiger partial charge in [0.2, 0.25) is 0 Å². The molecule has 12 saturated carbocycles. The van der Waals surface area contributed by atoms with Gasteiger partial charge in [-0.1, -0.05) is 53.1 Å². The predicted octanol–water partition coefficient (Wildman–Crippen LogP) is 10.1. The van der Waals surface area contributed by atoms with Crippen molar-refractivity contribution in [2.45, 2.75) is 172 Å². The summed E-state index contributed by atoms with van der Waals surface area (Å²) >= 11 is 0. The monoisotopic (exact) mass is 1130 g/mol. The van der Waals surface area contributed by atoms with Crippen LogP contribution in [-0.4, -0.2) is 54.0 Å². The van der Waals surface area contributed by atoms with E-state index in [1.165, 1.54) is 132 Å². The van der Waals surface area contributed by atoms with Crippen LogP contribution in [0.25, 0.3) is 0 Å². The fraction of sp³-hybridized carbons (Fsp3) is 0.700. The molecule has 3 aromatic rings. The molecule has 12 bridgehead atoms. The molecular weight excluding hydrogens is 1050 g/mol. The Balaban J connectivity index is 0.00000468. The summed E-state index contributed by atoms with van der Waals surface area (Å²) < 4.78 is 0. The standard InChI is InChI=1S/C60H81N3O3.U/c1-37-10-49(55(64)52(13-37)58-25-40-16-41(26-58)18-42(17-40)27-58)34-61-4-6-62(35-50-11-38(2)14-53(56(50)65)59-28-43-19-44(29-59)21-45(20-43)30-59)8-9-63(7-5-61)36-51-12-39(3)15-54(57(51)66)60-31-46-22-47(32-60)24-48(23-46)33-60;/h10-15,40-48,64-66H,4-9,16-36H2,1-3H3;/q;+3/p-3. The van der Waals surface area contributed by atoms with Gasteiger partial charge in [-0.3, -0.25) is 14.7 Å². The maximum absolute atomic E-state index is 14.9. The van der Waals surface area contributed by atoms with Crippen LogP contribution in [-0.2, 0) is 35.9 Å². The van der Waals surface area contributed by atoms with E-state index < -0.39 is 0 Å². The van der Waals surface area contributed by atoms with Gasteiger partial charge < -0.3 is 15.3 Å². The number of benzene rings is 3. The molecule has 355 valence electrons. The van der Waals surface area contributed by atoms with Crippen LogP contribution in [0.2, 0.25) is 0 Å². The van der Waals surface area contributed by atoms with Crippen molar-refractivity contribution in [3.63, 3.8) is 0 Å². The Morgan fingerprint density at radius 1 is 0.358 bits per heavy atom. The fourth-order valence-corrected chi connectivity index (χ4v) is 19.8. The molecule has 67 heavy (non-hydrogen) atoms. The maximum Gasteiger partial charge on any atom is 3.00 e. The van der Waals surface area contributed by atoms with Gasteiger partial charge in [0.1, 0.15) is 0 Å². The van der Waals surface area contributed by atoms with Crippen LogP contribution in [0.3, 0.4) is 0 Å². The van der Waals surface area contributed by atoms with Crippen molar-refractivity contribution in [3.8, 4) is 17.2 Å². The van der Waals surface area contributed by atoms with Crippen molar-refractivity contribution in [1.29, 1.82) is 0 Å². The first-order valence-corrected chi connectivity index (χ1v) is 27.4. The molecule has 0 aromatic heterocycles. The Labute approximate surface area is 426 Å². The molecule has 1 radical (unpaired) electrons. The first-order valence-electron chi connectivity index (χ1n) is 27.4. The van der Waals surface area contributed by atoms with Gasteiger partial charge >= 0.3 is 31.1 Å². The van der Waals surface area contributed by atoms with Crippen LogP contribution in [0.15, 0.2) is 36.4 Å². The molecule has 0 N–H and O–H groups in total. The molecule has 1 heterocycles. The van der Waals surface area contributed by atoms with Crippen LogP contribution < -0.4 is 15.3 Å². The third kappa shape index (κ3) is 8.31. The van der Waals surface area contributed by atoms with Crippen molar-refractivity contribution in [3.05, 3.63) is 86.5 Å². The van der Waals surface area contributed by atoms with Crippen molar-refractivity contribution < 1.29 is 46.4 Å². The van der Waals surface area contributed by atoms with Gasteiger partial charge in [-0.2, -0.15) is 0 Å². The first-order chi connectivity index (χ1) is 31.8. The number of hydrogen-bond acceptors (Lipinski definition) is 6. The molecule has 13 fully saturated rings. The van der Waals surface area contributed by atoms with Gasteiger partial charge in [-0.15, -0.1) is 17.2 Å². The molecule has 12 aliphatic carbocycles. The third-order valence-electron chi connectivity index (χ3n) is 21.1. The molecule has 6 nitrogen and oxygen atoms in total. The number of rotatable bonds is 9. The Morgan fingerprint density at radius 2 is 0.552 bits per heavy atom. The molecule has 13 aliphatic rings. The minimum Gasteiger partial charge on any atom is -0.872 e. The van der Waals surface area contributed by atoms with Crippen LogP contribution >= 0.6 is 0 Å². The van der Waals surface area contributed by atoms with Crippen LogP contribution in [0.1, 0.15) is 166 Å². The van der Waals surface area contributed by atoms with E-state index in [1.807, 2.05) is 0 Å². The van der Waals surface area contributed by atoms with E-state index in [4.69, 9.17) is 0 Å². The Bertz CT molecular complexity index is 2010. The normalized spacial score (nSPS) is 38.8. The summed E-state index contributed by atoms with van der Waals surface area (Å²) in [4.78, 5) is 7.65. The zero-order valence-electron chi connectivity index (χ0n) is 41.3. The molecule has 16 rings (SSSR count).